The maximum atomic E-state index is 13.7. The number of hydrogen-bond donors (Lipinski definition) is 0. The zero-order valence-electron chi connectivity index (χ0n) is 22.8. The van der Waals surface area contributed by atoms with E-state index in [2.05, 4.69) is 67.9 Å². The molecule has 1 amide bonds. The van der Waals surface area contributed by atoms with E-state index < -0.39 is 0 Å². The van der Waals surface area contributed by atoms with E-state index in [9.17, 15) is 10.1 Å². The first-order valence-corrected chi connectivity index (χ1v) is 14.0. The van der Waals surface area contributed by atoms with E-state index in [1.807, 2.05) is 36.1 Å². The van der Waals surface area contributed by atoms with Gasteiger partial charge in [-0.15, -0.1) is 0 Å². The van der Waals surface area contributed by atoms with Crippen LogP contribution in [-0.4, -0.2) is 85.8 Å². The zero-order valence-corrected chi connectivity index (χ0v) is 22.8. The van der Waals surface area contributed by atoms with Crippen molar-refractivity contribution in [1.29, 1.82) is 5.26 Å². The Balaban J connectivity index is 1.23. The number of carbonyl (C=O) groups is 1. The third-order valence-electron chi connectivity index (χ3n) is 7.68. The van der Waals surface area contributed by atoms with Gasteiger partial charge >= 0.3 is 0 Å². The Morgan fingerprint density at radius 1 is 0.897 bits per heavy atom. The van der Waals surface area contributed by atoms with Crippen LogP contribution in [0.15, 0.2) is 66.9 Å². The quantitative estimate of drug-likeness (QED) is 0.397. The number of hydrogen-bond acceptors (Lipinski definition) is 6. The maximum absolute atomic E-state index is 13.7. The molecule has 0 bridgehead atoms. The number of nitriles is 1. The third kappa shape index (κ3) is 6.44. The standard InChI is InChI=1S/C31H38N6O2/c1-2-39-21-20-37-25-26(24-33-12-14-34(15-13-33)28-9-4-3-5-10-28)22-30(37)31(38)36-18-16-35(17-19-36)29-11-7-6-8-27(29)23-32/h3-11,22,25H,2,12-21,24H2,1H3. The lowest BCUT2D eigenvalue weighted by molar-refractivity contribution is 0.0731. The normalized spacial score (nSPS) is 16.4. The van der Waals surface area contributed by atoms with Crippen molar-refractivity contribution in [3.63, 3.8) is 0 Å². The van der Waals surface area contributed by atoms with Crippen LogP contribution in [-0.2, 0) is 17.8 Å². The van der Waals surface area contributed by atoms with Crippen molar-refractivity contribution in [3.8, 4) is 6.07 Å². The van der Waals surface area contributed by atoms with E-state index >= 15 is 0 Å². The van der Waals surface area contributed by atoms with Gasteiger partial charge in [-0.2, -0.15) is 5.26 Å². The third-order valence-corrected chi connectivity index (χ3v) is 7.68. The molecule has 3 heterocycles. The maximum Gasteiger partial charge on any atom is 0.270 e. The van der Waals surface area contributed by atoms with Gasteiger partial charge < -0.3 is 24.0 Å². The fourth-order valence-electron chi connectivity index (χ4n) is 5.55. The van der Waals surface area contributed by atoms with E-state index in [1.165, 1.54) is 11.3 Å². The van der Waals surface area contributed by atoms with E-state index in [1.54, 1.807) is 0 Å². The molecule has 8 heteroatoms. The van der Waals surface area contributed by atoms with E-state index in [0.29, 0.717) is 51.5 Å². The first-order valence-electron chi connectivity index (χ1n) is 14.0. The Morgan fingerprint density at radius 2 is 1.59 bits per heavy atom. The van der Waals surface area contributed by atoms with Crippen LogP contribution in [0.2, 0.25) is 0 Å². The molecular formula is C31H38N6O2. The number of aromatic nitrogens is 1. The van der Waals surface area contributed by atoms with Crippen LogP contribution in [0.4, 0.5) is 11.4 Å². The van der Waals surface area contributed by atoms with Crippen LogP contribution >= 0.6 is 0 Å². The van der Waals surface area contributed by atoms with Gasteiger partial charge in [0.05, 0.1) is 17.9 Å². The Morgan fingerprint density at radius 3 is 2.31 bits per heavy atom. The summed E-state index contributed by atoms with van der Waals surface area (Å²) in [6, 6.07) is 22.6. The molecule has 39 heavy (non-hydrogen) atoms. The summed E-state index contributed by atoms with van der Waals surface area (Å²) in [6.45, 7) is 11.4. The highest BCUT2D eigenvalue weighted by Gasteiger charge is 2.26. The summed E-state index contributed by atoms with van der Waals surface area (Å²) in [6.07, 6.45) is 2.13. The molecule has 2 aromatic carbocycles. The second-order valence-corrected chi connectivity index (χ2v) is 10.1. The number of amides is 1. The van der Waals surface area contributed by atoms with Crippen LogP contribution in [0.3, 0.4) is 0 Å². The predicted molar refractivity (Wildman–Crippen MR) is 154 cm³/mol. The molecule has 0 atom stereocenters. The second kappa shape index (κ2) is 12.8. The van der Waals surface area contributed by atoms with Gasteiger partial charge in [0, 0.05) is 83.9 Å². The number of nitrogens with zero attached hydrogens (tertiary/aromatic N) is 6. The number of ether oxygens (including phenoxy) is 1. The van der Waals surface area contributed by atoms with Crippen molar-refractivity contribution in [2.45, 2.75) is 20.0 Å². The zero-order chi connectivity index (χ0) is 27.0. The second-order valence-electron chi connectivity index (χ2n) is 10.1. The highest BCUT2D eigenvalue weighted by atomic mass is 16.5. The fraction of sp³-hybridized carbons (Fsp3) is 0.419. The molecule has 2 fully saturated rings. The molecule has 0 saturated carbocycles. The number of rotatable bonds is 9. The van der Waals surface area contributed by atoms with Crippen LogP contribution in [0.1, 0.15) is 28.5 Å². The highest BCUT2D eigenvalue weighted by molar-refractivity contribution is 5.93. The van der Waals surface area contributed by atoms with Gasteiger partial charge in [0.25, 0.3) is 5.91 Å². The van der Waals surface area contributed by atoms with Crippen molar-refractivity contribution < 1.29 is 9.53 Å². The van der Waals surface area contributed by atoms with Gasteiger partial charge in [0.2, 0.25) is 0 Å². The lowest BCUT2D eigenvalue weighted by atomic mass is 10.1. The molecule has 0 radical (unpaired) electrons. The van der Waals surface area contributed by atoms with Gasteiger partial charge in [-0.3, -0.25) is 9.69 Å². The summed E-state index contributed by atoms with van der Waals surface area (Å²) >= 11 is 0. The average molecular weight is 527 g/mol. The minimum atomic E-state index is 0.0693. The minimum absolute atomic E-state index is 0.0693. The van der Waals surface area contributed by atoms with Crippen molar-refractivity contribution in [2.75, 3.05) is 75.4 Å². The van der Waals surface area contributed by atoms with Gasteiger partial charge in [-0.25, -0.2) is 0 Å². The van der Waals surface area contributed by atoms with Gasteiger partial charge in [0.1, 0.15) is 11.8 Å². The Hall–Kier alpha value is -3.80. The van der Waals surface area contributed by atoms with Gasteiger partial charge in [0.15, 0.2) is 0 Å². The van der Waals surface area contributed by atoms with E-state index in [0.717, 1.165) is 44.1 Å². The SMILES string of the molecule is CCOCCn1cc(CN2CCN(c3ccccc3)CC2)cc1C(=O)N1CCN(c2ccccc2C#N)CC1. The molecule has 0 unspecified atom stereocenters. The number of piperazine rings is 2. The summed E-state index contributed by atoms with van der Waals surface area (Å²) < 4.78 is 7.70. The van der Waals surface area contributed by atoms with Gasteiger partial charge in [-0.1, -0.05) is 30.3 Å². The molecule has 0 aliphatic carbocycles. The molecule has 0 spiro atoms. The van der Waals surface area contributed by atoms with Crippen LogP contribution in [0.5, 0.6) is 0 Å². The van der Waals surface area contributed by atoms with Crippen molar-refractivity contribution in [1.82, 2.24) is 14.4 Å². The molecule has 1 aromatic heterocycles. The molecule has 2 aliphatic rings. The number of para-hydroxylation sites is 2. The highest BCUT2D eigenvalue weighted by Crippen LogP contribution is 2.23. The van der Waals surface area contributed by atoms with Crippen molar-refractivity contribution in [2.24, 2.45) is 0 Å². The smallest absolute Gasteiger partial charge is 0.270 e. The van der Waals surface area contributed by atoms with Crippen molar-refractivity contribution >= 4 is 17.3 Å². The van der Waals surface area contributed by atoms with E-state index in [-0.39, 0.29) is 5.91 Å². The summed E-state index contributed by atoms with van der Waals surface area (Å²) in [7, 11) is 0. The minimum Gasteiger partial charge on any atom is -0.380 e. The topological polar surface area (TPSA) is 68.0 Å². The summed E-state index contributed by atoms with van der Waals surface area (Å²) in [5, 5.41) is 9.48. The Kier molecular flexibility index (Phi) is 8.82. The summed E-state index contributed by atoms with van der Waals surface area (Å²) in [4.78, 5) is 22.8. The Labute approximate surface area is 231 Å². The number of benzene rings is 2. The lowest BCUT2D eigenvalue weighted by Gasteiger charge is -2.36. The largest absolute Gasteiger partial charge is 0.380 e. The first-order chi connectivity index (χ1) is 19.2. The summed E-state index contributed by atoms with van der Waals surface area (Å²) in [5.41, 5.74) is 4.81. The monoisotopic (exact) mass is 526 g/mol. The van der Waals surface area contributed by atoms with Crippen LogP contribution < -0.4 is 9.80 Å². The first kappa shape index (κ1) is 26.8. The molecule has 0 N–H and O–H groups in total. The van der Waals surface area contributed by atoms with Crippen molar-refractivity contribution in [3.05, 3.63) is 83.7 Å². The molecule has 8 nitrogen and oxygen atoms in total. The fourth-order valence-corrected chi connectivity index (χ4v) is 5.55. The van der Waals surface area contributed by atoms with E-state index in [4.69, 9.17) is 4.74 Å². The molecule has 204 valence electrons. The van der Waals surface area contributed by atoms with Gasteiger partial charge in [-0.05, 0) is 42.8 Å². The lowest BCUT2D eigenvalue weighted by Crippen LogP contribution is -2.49. The molecule has 2 saturated heterocycles. The summed E-state index contributed by atoms with van der Waals surface area (Å²) in [5.74, 6) is 0.0693. The molecular weight excluding hydrogens is 488 g/mol. The number of carbonyl (C=O) groups excluding carboxylic acids is 1. The number of anilines is 2. The average Bonchev–Trinajstić information content (AvgIpc) is 3.40. The Bertz CT molecular complexity index is 1270. The molecule has 2 aliphatic heterocycles. The molecule has 5 rings (SSSR count). The van der Waals surface area contributed by atoms with Crippen LogP contribution in [0.25, 0.3) is 0 Å². The molecule has 3 aromatic rings. The van der Waals surface area contributed by atoms with Crippen LogP contribution in [0, 0.1) is 11.3 Å². The predicted octanol–water partition coefficient (Wildman–Crippen LogP) is 3.68.